The molecule has 0 bridgehead atoms. The van der Waals surface area contributed by atoms with Gasteiger partial charge in [0.25, 0.3) is 0 Å². The van der Waals surface area contributed by atoms with Gasteiger partial charge >= 0.3 is 0 Å². The largest absolute Gasteiger partial charge is 0.473 e. The number of benzene rings is 1. The fourth-order valence-electron chi connectivity index (χ4n) is 2.93. The van der Waals surface area contributed by atoms with Crippen molar-refractivity contribution < 1.29 is 13.2 Å². The molecule has 6 heteroatoms. The van der Waals surface area contributed by atoms with Crippen molar-refractivity contribution in [3.05, 3.63) is 53.2 Å². The monoisotopic (exact) mass is 346 g/mol. The third-order valence-electron chi connectivity index (χ3n) is 4.23. The summed E-state index contributed by atoms with van der Waals surface area (Å²) in [6.07, 6.45) is 2.24. The number of ether oxygens (including phenoxy) is 1. The molecule has 1 aromatic carbocycles. The molecule has 5 nitrogen and oxygen atoms in total. The number of rotatable bonds is 4. The van der Waals surface area contributed by atoms with Crippen molar-refractivity contribution in [1.82, 2.24) is 9.29 Å². The summed E-state index contributed by atoms with van der Waals surface area (Å²) >= 11 is 0. The summed E-state index contributed by atoms with van der Waals surface area (Å²) in [5.41, 5.74) is 2.90. The molecule has 1 aromatic heterocycles. The van der Waals surface area contributed by atoms with Crippen LogP contribution in [0, 0.1) is 20.8 Å². The van der Waals surface area contributed by atoms with Crippen molar-refractivity contribution in [3.8, 4) is 5.88 Å². The minimum Gasteiger partial charge on any atom is -0.473 e. The van der Waals surface area contributed by atoms with Crippen molar-refractivity contribution in [1.29, 1.82) is 0 Å². The van der Waals surface area contributed by atoms with E-state index in [0.29, 0.717) is 30.3 Å². The first kappa shape index (κ1) is 16.9. The Morgan fingerprint density at radius 2 is 1.88 bits per heavy atom. The summed E-state index contributed by atoms with van der Waals surface area (Å²) in [6, 6.07) is 9.17. The number of pyridine rings is 1. The highest BCUT2D eigenvalue weighted by Gasteiger charge is 2.34. The average molecular weight is 346 g/mol. The fraction of sp³-hybridized carbons (Fsp3) is 0.389. The first-order valence-electron chi connectivity index (χ1n) is 8.03. The molecule has 0 aliphatic carbocycles. The van der Waals surface area contributed by atoms with E-state index in [1.807, 2.05) is 45.0 Å². The van der Waals surface area contributed by atoms with Gasteiger partial charge in [-0.1, -0.05) is 23.8 Å². The molecule has 0 radical (unpaired) electrons. The van der Waals surface area contributed by atoms with Gasteiger partial charge in [-0.3, -0.25) is 0 Å². The molecular weight excluding hydrogens is 324 g/mol. The maximum Gasteiger partial charge on any atom is 0.243 e. The molecule has 2 aromatic rings. The Morgan fingerprint density at radius 3 is 2.54 bits per heavy atom. The third kappa shape index (κ3) is 3.44. The molecule has 128 valence electrons. The molecule has 1 saturated heterocycles. The quantitative estimate of drug-likeness (QED) is 0.854. The van der Waals surface area contributed by atoms with E-state index in [-0.39, 0.29) is 6.10 Å². The van der Waals surface area contributed by atoms with Crippen LogP contribution in [0.1, 0.15) is 23.1 Å². The number of nitrogens with zero attached hydrogens (tertiary/aromatic N) is 2. The van der Waals surface area contributed by atoms with Crippen LogP contribution in [0.2, 0.25) is 0 Å². The zero-order valence-electron chi connectivity index (χ0n) is 14.2. The molecule has 1 fully saturated rings. The van der Waals surface area contributed by atoms with Crippen molar-refractivity contribution in [2.45, 2.75) is 38.2 Å². The van der Waals surface area contributed by atoms with Crippen LogP contribution >= 0.6 is 0 Å². The Bertz CT molecular complexity index is 832. The highest BCUT2D eigenvalue weighted by Crippen LogP contribution is 2.26. The van der Waals surface area contributed by atoms with Gasteiger partial charge in [0.1, 0.15) is 6.10 Å². The normalized spacial score (nSPS) is 18.7. The smallest absolute Gasteiger partial charge is 0.243 e. The Labute approximate surface area is 143 Å². The van der Waals surface area contributed by atoms with E-state index in [4.69, 9.17) is 4.74 Å². The zero-order chi connectivity index (χ0) is 17.3. The van der Waals surface area contributed by atoms with Crippen LogP contribution in [0.3, 0.4) is 0 Å². The average Bonchev–Trinajstić information content (AvgIpc) is 2.98. The summed E-state index contributed by atoms with van der Waals surface area (Å²) < 4.78 is 33.1. The lowest BCUT2D eigenvalue weighted by molar-refractivity contribution is 0.207. The molecule has 24 heavy (non-hydrogen) atoms. The number of aryl methyl sites for hydroxylation is 3. The molecule has 2 heterocycles. The Morgan fingerprint density at radius 1 is 1.12 bits per heavy atom. The summed E-state index contributed by atoms with van der Waals surface area (Å²) in [6.45, 7) is 6.57. The topological polar surface area (TPSA) is 59.5 Å². The first-order chi connectivity index (χ1) is 11.4. The van der Waals surface area contributed by atoms with Gasteiger partial charge in [0.2, 0.25) is 15.9 Å². The van der Waals surface area contributed by atoms with Crippen LogP contribution in [0.15, 0.2) is 41.4 Å². The summed E-state index contributed by atoms with van der Waals surface area (Å²) in [7, 11) is -3.49. The summed E-state index contributed by atoms with van der Waals surface area (Å²) in [4.78, 5) is 4.60. The van der Waals surface area contributed by atoms with Gasteiger partial charge in [-0.15, -0.1) is 0 Å². The second-order valence-electron chi connectivity index (χ2n) is 6.33. The maximum atomic E-state index is 12.9. The lowest BCUT2D eigenvalue weighted by Crippen LogP contribution is -2.31. The fourth-order valence-corrected chi connectivity index (χ4v) is 4.63. The second-order valence-corrected chi connectivity index (χ2v) is 8.24. The van der Waals surface area contributed by atoms with Crippen molar-refractivity contribution in [2.24, 2.45) is 0 Å². The van der Waals surface area contributed by atoms with E-state index in [1.165, 1.54) is 4.31 Å². The number of hydrogen-bond donors (Lipinski definition) is 0. The molecule has 1 aliphatic heterocycles. The Kier molecular flexibility index (Phi) is 4.60. The van der Waals surface area contributed by atoms with Crippen LogP contribution in [0.25, 0.3) is 0 Å². The first-order valence-corrected chi connectivity index (χ1v) is 9.47. The molecule has 3 rings (SSSR count). The van der Waals surface area contributed by atoms with Gasteiger partial charge < -0.3 is 4.74 Å². The summed E-state index contributed by atoms with van der Waals surface area (Å²) in [5, 5.41) is 0. The van der Waals surface area contributed by atoms with Gasteiger partial charge in [-0.25, -0.2) is 13.4 Å². The van der Waals surface area contributed by atoms with Crippen molar-refractivity contribution >= 4 is 10.0 Å². The maximum absolute atomic E-state index is 12.9. The number of sulfonamides is 1. The van der Waals surface area contributed by atoms with Crippen LogP contribution in [-0.2, 0) is 10.0 Å². The molecule has 0 spiro atoms. The molecule has 1 aliphatic rings. The predicted molar refractivity (Wildman–Crippen MR) is 92.7 cm³/mol. The standard InChI is InChI=1S/C18H22N2O3S/c1-13-4-6-17(15(3)10-13)24(21,22)20-9-8-16(12-20)23-18-7-5-14(2)11-19-18/h4-7,10-11,16H,8-9,12H2,1-3H3. The molecule has 1 atom stereocenters. The number of hydrogen-bond acceptors (Lipinski definition) is 4. The minimum absolute atomic E-state index is 0.166. The highest BCUT2D eigenvalue weighted by molar-refractivity contribution is 7.89. The third-order valence-corrected chi connectivity index (χ3v) is 6.25. The SMILES string of the molecule is Cc1ccc(OC2CCN(S(=O)(=O)c3ccc(C)cc3C)C2)nc1. The van der Waals surface area contributed by atoms with Gasteiger partial charge in [0, 0.05) is 18.8 Å². The van der Waals surface area contributed by atoms with Gasteiger partial charge in [0.05, 0.1) is 11.4 Å². The lowest BCUT2D eigenvalue weighted by atomic mass is 10.2. The van der Waals surface area contributed by atoms with Gasteiger partial charge in [-0.2, -0.15) is 4.31 Å². The number of aromatic nitrogens is 1. The van der Waals surface area contributed by atoms with Crippen LogP contribution < -0.4 is 4.74 Å². The van der Waals surface area contributed by atoms with Gasteiger partial charge in [-0.05, 0) is 44.4 Å². The van der Waals surface area contributed by atoms with E-state index in [9.17, 15) is 8.42 Å². The lowest BCUT2D eigenvalue weighted by Gasteiger charge is -2.18. The molecule has 0 amide bonds. The van der Waals surface area contributed by atoms with E-state index in [1.54, 1.807) is 12.3 Å². The van der Waals surface area contributed by atoms with E-state index in [2.05, 4.69) is 4.98 Å². The molecular formula is C18H22N2O3S. The molecule has 0 saturated carbocycles. The Balaban J connectivity index is 1.73. The van der Waals surface area contributed by atoms with E-state index >= 15 is 0 Å². The van der Waals surface area contributed by atoms with Crippen LogP contribution in [0.4, 0.5) is 0 Å². The Hall–Kier alpha value is -1.92. The zero-order valence-corrected chi connectivity index (χ0v) is 15.0. The summed E-state index contributed by atoms with van der Waals surface area (Å²) in [5.74, 6) is 0.538. The molecule has 1 unspecified atom stereocenters. The predicted octanol–water partition coefficient (Wildman–Crippen LogP) is 2.85. The van der Waals surface area contributed by atoms with Crippen molar-refractivity contribution in [3.63, 3.8) is 0 Å². The minimum atomic E-state index is -3.49. The molecule has 0 N–H and O–H groups in total. The second kappa shape index (κ2) is 6.53. The van der Waals surface area contributed by atoms with Crippen LogP contribution in [0.5, 0.6) is 5.88 Å². The van der Waals surface area contributed by atoms with E-state index < -0.39 is 10.0 Å². The van der Waals surface area contributed by atoms with E-state index in [0.717, 1.165) is 16.7 Å². The van der Waals surface area contributed by atoms with Gasteiger partial charge in [0.15, 0.2) is 0 Å². The highest BCUT2D eigenvalue weighted by atomic mass is 32.2. The van der Waals surface area contributed by atoms with Crippen LogP contribution in [-0.4, -0.2) is 36.9 Å². The van der Waals surface area contributed by atoms with Crippen molar-refractivity contribution in [2.75, 3.05) is 13.1 Å².